The summed E-state index contributed by atoms with van der Waals surface area (Å²) in [6, 6.07) is 0. The van der Waals surface area contributed by atoms with Crippen molar-refractivity contribution >= 4 is 0 Å². The van der Waals surface area contributed by atoms with E-state index in [0.717, 1.165) is 18.5 Å². The van der Waals surface area contributed by atoms with Crippen LogP contribution in [0, 0.1) is 0 Å². The zero-order valence-corrected chi connectivity index (χ0v) is 15.6. The third-order valence-corrected chi connectivity index (χ3v) is 5.27. The molecule has 1 aliphatic rings. The first-order chi connectivity index (χ1) is 10.1. The second-order valence-corrected chi connectivity index (χ2v) is 7.12. The van der Waals surface area contributed by atoms with E-state index in [-0.39, 0.29) is 11.1 Å². The van der Waals surface area contributed by atoms with Gasteiger partial charge in [-0.15, -0.1) is 0 Å². The Kier molecular flexibility index (Phi) is 5.81. The summed E-state index contributed by atoms with van der Waals surface area (Å²) >= 11 is 0. The molecule has 0 bridgehead atoms. The molecule has 1 nitrogen and oxygen atoms in total. The lowest BCUT2D eigenvalue weighted by Crippen LogP contribution is -2.18. The van der Waals surface area contributed by atoms with Crippen LogP contribution in [0.1, 0.15) is 54.9 Å². The van der Waals surface area contributed by atoms with Gasteiger partial charge in [0.25, 0.3) is 0 Å². The standard InChI is InChI=1S/C21H33N/c1-10-12-19(14-13-16(3)4)18(6)17(5)15-21(9)20(7,8)22(21)11-2/h10,12-14H,3,5,11,15H2,1-2,4,6-9H3/b12-10-,14-13-,19-18+. The third kappa shape index (κ3) is 3.52. The normalized spacial score (nSPS) is 28.0. The Morgan fingerprint density at radius 3 is 2.05 bits per heavy atom. The fourth-order valence-corrected chi connectivity index (χ4v) is 3.44. The number of hydrogen-bond donors (Lipinski definition) is 0. The molecule has 1 aliphatic heterocycles. The van der Waals surface area contributed by atoms with Gasteiger partial charge < -0.3 is 0 Å². The van der Waals surface area contributed by atoms with Crippen molar-refractivity contribution in [3.8, 4) is 0 Å². The van der Waals surface area contributed by atoms with E-state index in [0.29, 0.717) is 0 Å². The molecule has 0 aromatic rings. The van der Waals surface area contributed by atoms with Gasteiger partial charge in [-0.2, -0.15) is 0 Å². The first-order valence-electron chi connectivity index (χ1n) is 8.24. The van der Waals surface area contributed by atoms with Crippen molar-refractivity contribution < 1.29 is 0 Å². The minimum absolute atomic E-state index is 0.221. The van der Waals surface area contributed by atoms with Crippen molar-refractivity contribution in [2.24, 2.45) is 0 Å². The molecule has 0 aromatic carbocycles. The highest BCUT2D eigenvalue weighted by molar-refractivity contribution is 5.46. The molecular formula is C21H33N. The van der Waals surface area contributed by atoms with E-state index >= 15 is 0 Å². The quantitative estimate of drug-likeness (QED) is 0.422. The molecule has 0 aliphatic carbocycles. The highest BCUT2D eigenvalue weighted by atomic mass is 15.4. The average molecular weight is 300 g/mol. The summed E-state index contributed by atoms with van der Waals surface area (Å²) < 4.78 is 0. The Morgan fingerprint density at radius 1 is 1.05 bits per heavy atom. The van der Waals surface area contributed by atoms with E-state index in [1.807, 2.05) is 6.92 Å². The highest BCUT2D eigenvalue weighted by Crippen LogP contribution is 2.54. The Bertz CT molecular complexity index is 542. The van der Waals surface area contributed by atoms with E-state index in [1.165, 1.54) is 16.7 Å². The summed E-state index contributed by atoms with van der Waals surface area (Å²) in [7, 11) is 0. The first-order valence-corrected chi connectivity index (χ1v) is 8.24. The molecule has 0 radical (unpaired) electrons. The van der Waals surface area contributed by atoms with Crippen molar-refractivity contribution in [3.63, 3.8) is 0 Å². The van der Waals surface area contributed by atoms with Crippen molar-refractivity contribution in [2.75, 3.05) is 6.54 Å². The van der Waals surface area contributed by atoms with Crippen molar-refractivity contribution in [1.29, 1.82) is 0 Å². The Hall–Kier alpha value is -1.34. The van der Waals surface area contributed by atoms with Gasteiger partial charge in [0.05, 0.1) is 0 Å². The number of likely N-dealkylation sites (N-methyl/N-ethyl adjacent to an activating group) is 1. The van der Waals surface area contributed by atoms with Crippen LogP contribution < -0.4 is 0 Å². The third-order valence-electron chi connectivity index (χ3n) is 5.27. The molecule has 0 N–H and O–H groups in total. The van der Waals surface area contributed by atoms with Crippen LogP contribution >= 0.6 is 0 Å². The van der Waals surface area contributed by atoms with Crippen LogP contribution in [0.5, 0.6) is 0 Å². The van der Waals surface area contributed by atoms with Gasteiger partial charge in [-0.3, -0.25) is 4.90 Å². The molecule has 22 heavy (non-hydrogen) atoms. The molecule has 122 valence electrons. The molecular weight excluding hydrogens is 266 g/mol. The first kappa shape index (κ1) is 18.7. The Morgan fingerprint density at radius 2 is 1.64 bits per heavy atom. The smallest absolute Gasteiger partial charge is 0.0405 e. The van der Waals surface area contributed by atoms with Gasteiger partial charge in [-0.05, 0) is 71.2 Å². The van der Waals surface area contributed by atoms with Crippen LogP contribution in [-0.2, 0) is 0 Å². The van der Waals surface area contributed by atoms with Crippen LogP contribution in [0.2, 0.25) is 0 Å². The Balaban J connectivity index is 3.00. The fraction of sp³-hybridized carbons (Fsp3) is 0.524. The van der Waals surface area contributed by atoms with Crippen LogP contribution in [-0.4, -0.2) is 22.5 Å². The summed E-state index contributed by atoms with van der Waals surface area (Å²) in [6.07, 6.45) is 9.45. The van der Waals surface area contributed by atoms with Gasteiger partial charge in [0.2, 0.25) is 0 Å². The highest BCUT2D eigenvalue weighted by Gasteiger charge is 2.64. The van der Waals surface area contributed by atoms with Crippen molar-refractivity contribution in [2.45, 2.75) is 66.0 Å². The average Bonchev–Trinajstić information content (AvgIpc) is 2.85. The molecule has 1 heteroatoms. The minimum atomic E-state index is 0.221. The topological polar surface area (TPSA) is 3.01 Å². The van der Waals surface area contributed by atoms with Gasteiger partial charge in [0.1, 0.15) is 0 Å². The van der Waals surface area contributed by atoms with E-state index in [1.54, 1.807) is 0 Å². The zero-order valence-electron chi connectivity index (χ0n) is 15.6. The maximum absolute atomic E-state index is 4.37. The second kappa shape index (κ2) is 6.83. The zero-order chi connectivity index (χ0) is 17.1. The molecule has 1 rings (SSSR count). The second-order valence-electron chi connectivity index (χ2n) is 7.12. The Labute approximate surface area is 137 Å². The van der Waals surface area contributed by atoms with E-state index < -0.39 is 0 Å². The van der Waals surface area contributed by atoms with Crippen LogP contribution in [0.15, 0.2) is 59.8 Å². The van der Waals surface area contributed by atoms with E-state index in [2.05, 4.69) is 83.9 Å². The predicted octanol–water partition coefficient (Wildman–Crippen LogP) is 5.83. The molecule has 0 saturated carbocycles. The summed E-state index contributed by atoms with van der Waals surface area (Å²) in [5.74, 6) is 0. The van der Waals surface area contributed by atoms with E-state index in [4.69, 9.17) is 0 Å². The lowest BCUT2D eigenvalue weighted by Gasteiger charge is -2.16. The summed E-state index contributed by atoms with van der Waals surface area (Å²) in [6.45, 7) is 24.9. The summed E-state index contributed by atoms with van der Waals surface area (Å²) in [4.78, 5) is 2.55. The monoisotopic (exact) mass is 299 g/mol. The van der Waals surface area contributed by atoms with Crippen molar-refractivity contribution in [1.82, 2.24) is 4.90 Å². The van der Waals surface area contributed by atoms with Crippen molar-refractivity contribution in [3.05, 3.63) is 59.8 Å². The predicted molar refractivity (Wildman–Crippen MR) is 100 cm³/mol. The minimum Gasteiger partial charge on any atom is -0.289 e. The number of allylic oxidation sites excluding steroid dienone is 7. The molecule has 0 amide bonds. The van der Waals surface area contributed by atoms with Gasteiger partial charge in [0.15, 0.2) is 0 Å². The SMILES string of the molecule is C=C(C)\C=C/C(/C=C\C)=C(\C)C(=C)CC1(C)N(CC)C1(C)C. The van der Waals surface area contributed by atoms with Crippen LogP contribution in [0.25, 0.3) is 0 Å². The molecule has 1 saturated heterocycles. The molecule has 0 spiro atoms. The lowest BCUT2D eigenvalue weighted by molar-refractivity contribution is 0.423. The van der Waals surface area contributed by atoms with Crippen LogP contribution in [0.3, 0.4) is 0 Å². The maximum atomic E-state index is 4.37. The largest absolute Gasteiger partial charge is 0.289 e. The molecule has 1 fully saturated rings. The summed E-state index contributed by atoms with van der Waals surface area (Å²) in [5, 5.41) is 0. The molecule has 1 heterocycles. The van der Waals surface area contributed by atoms with Gasteiger partial charge in [-0.25, -0.2) is 0 Å². The van der Waals surface area contributed by atoms with Gasteiger partial charge in [-0.1, -0.05) is 50.0 Å². The molecule has 2 unspecified atom stereocenters. The van der Waals surface area contributed by atoms with Crippen LogP contribution in [0.4, 0.5) is 0 Å². The number of rotatable bonds is 7. The number of hydrogen-bond acceptors (Lipinski definition) is 1. The molecule has 0 aromatic heterocycles. The maximum Gasteiger partial charge on any atom is 0.0405 e. The lowest BCUT2D eigenvalue weighted by atomic mass is 9.87. The fourth-order valence-electron chi connectivity index (χ4n) is 3.44. The van der Waals surface area contributed by atoms with Gasteiger partial charge >= 0.3 is 0 Å². The molecule has 2 atom stereocenters. The summed E-state index contributed by atoms with van der Waals surface area (Å²) in [5.41, 5.74) is 5.27. The van der Waals surface area contributed by atoms with Gasteiger partial charge in [0, 0.05) is 11.1 Å². The number of nitrogens with zero attached hydrogens (tertiary/aromatic N) is 1. The van der Waals surface area contributed by atoms with E-state index in [9.17, 15) is 0 Å².